The van der Waals surface area contributed by atoms with E-state index in [1.165, 1.54) is 0 Å². The van der Waals surface area contributed by atoms with Gasteiger partial charge in [-0.1, -0.05) is 41.9 Å². The van der Waals surface area contributed by atoms with Crippen molar-refractivity contribution in [3.8, 4) is 23.1 Å². The molecule has 0 amide bonds. The summed E-state index contributed by atoms with van der Waals surface area (Å²) in [5, 5.41) is 12.2. The number of halogens is 1. The first-order valence-corrected chi connectivity index (χ1v) is 8.17. The Hall–Kier alpha value is -3.11. The predicted molar refractivity (Wildman–Crippen MR) is 97.5 cm³/mol. The Morgan fingerprint density at radius 1 is 0.720 bits per heavy atom. The molecule has 0 bridgehead atoms. The van der Waals surface area contributed by atoms with Gasteiger partial charge in [-0.05, 0) is 47.2 Å². The number of nitrogens with zero attached hydrogens (tertiary/aromatic N) is 2. The maximum atomic E-state index is 5.91. The van der Waals surface area contributed by atoms with E-state index in [-0.39, 0.29) is 0 Å². The molecule has 5 heteroatoms. The molecule has 0 saturated carbocycles. The van der Waals surface area contributed by atoms with Crippen LogP contribution >= 0.6 is 11.6 Å². The molecule has 5 aromatic rings. The van der Waals surface area contributed by atoms with Gasteiger partial charge in [-0.15, -0.1) is 10.2 Å². The van der Waals surface area contributed by atoms with Crippen molar-refractivity contribution in [1.29, 1.82) is 0 Å². The van der Waals surface area contributed by atoms with Crippen molar-refractivity contribution in [3.05, 3.63) is 71.8 Å². The Labute approximate surface area is 147 Å². The average Bonchev–Trinajstić information content (AvgIpc) is 3.29. The highest BCUT2D eigenvalue weighted by molar-refractivity contribution is 6.30. The van der Waals surface area contributed by atoms with Gasteiger partial charge in [-0.25, -0.2) is 0 Å². The minimum atomic E-state index is 0.352. The van der Waals surface area contributed by atoms with Crippen LogP contribution in [-0.2, 0) is 0 Å². The molecule has 0 atom stereocenters. The van der Waals surface area contributed by atoms with Crippen molar-refractivity contribution in [3.63, 3.8) is 0 Å². The second kappa shape index (κ2) is 5.46. The SMILES string of the molecule is Clc1ccc(-c2nnc(-c3cc4c(ccc5ccccc54)o3)o2)cc1. The first-order chi connectivity index (χ1) is 12.3. The summed E-state index contributed by atoms with van der Waals surface area (Å²) in [5.74, 6) is 1.33. The highest BCUT2D eigenvalue weighted by atomic mass is 35.5. The van der Waals surface area contributed by atoms with Crippen LogP contribution in [0.25, 0.3) is 44.8 Å². The van der Waals surface area contributed by atoms with E-state index < -0.39 is 0 Å². The van der Waals surface area contributed by atoms with Gasteiger partial charge in [0.2, 0.25) is 5.89 Å². The van der Waals surface area contributed by atoms with Crippen LogP contribution in [-0.4, -0.2) is 10.2 Å². The molecule has 2 aromatic heterocycles. The summed E-state index contributed by atoms with van der Waals surface area (Å²) in [4.78, 5) is 0. The fourth-order valence-electron chi connectivity index (χ4n) is 2.93. The normalized spacial score (nSPS) is 11.4. The van der Waals surface area contributed by atoms with Crippen molar-refractivity contribution in [2.75, 3.05) is 0 Å². The van der Waals surface area contributed by atoms with Crippen LogP contribution in [0.1, 0.15) is 0 Å². The van der Waals surface area contributed by atoms with E-state index in [2.05, 4.69) is 22.3 Å². The fourth-order valence-corrected chi connectivity index (χ4v) is 3.06. The summed E-state index contributed by atoms with van der Waals surface area (Å²) in [6.45, 7) is 0. The third-order valence-electron chi connectivity index (χ3n) is 4.15. The first kappa shape index (κ1) is 14.3. The summed E-state index contributed by atoms with van der Waals surface area (Å²) in [6, 6.07) is 21.4. The maximum absolute atomic E-state index is 5.91. The van der Waals surface area contributed by atoms with Crippen molar-refractivity contribution in [2.45, 2.75) is 0 Å². The lowest BCUT2D eigenvalue weighted by atomic mass is 10.1. The van der Waals surface area contributed by atoms with Crippen LogP contribution in [0.2, 0.25) is 5.02 Å². The van der Waals surface area contributed by atoms with Gasteiger partial charge in [-0.2, -0.15) is 0 Å². The number of hydrogen-bond donors (Lipinski definition) is 0. The molecule has 0 radical (unpaired) electrons. The number of hydrogen-bond acceptors (Lipinski definition) is 4. The largest absolute Gasteiger partial charge is 0.451 e. The Bertz CT molecular complexity index is 1210. The molecule has 2 heterocycles. The van der Waals surface area contributed by atoms with Crippen LogP contribution in [0.3, 0.4) is 0 Å². The summed E-state index contributed by atoms with van der Waals surface area (Å²) >= 11 is 5.91. The summed E-state index contributed by atoms with van der Waals surface area (Å²) in [5.41, 5.74) is 1.60. The molecular formula is C20H11ClN2O2. The molecule has 0 fully saturated rings. The summed E-state index contributed by atoms with van der Waals surface area (Å²) < 4.78 is 11.7. The third kappa shape index (κ3) is 2.39. The molecule has 5 rings (SSSR count). The van der Waals surface area contributed by atoms with Crippen molar-refractivity contribution >= 4 is 33.3 Å². The van der Waals surface area contributed by atoms with Crippen molar-refractivity contribution < 1.29 is 8.83 Å². The first-order valence-electron chi connectivity index (χ1n) is 7.79. The molecule has 4 nitrogen and oxygen atoms in total. The maximum Gasteiger partial charge on any atom is 0.283 e. The fraction of sp³-hybridized carbons (Fsp3) is 0. The van der Waals surface area contributed by atoms with E-state index in [0.717, 1.165) is 27.3 Å². The second-order valence-electron chi connectivity index (χ2n) is 5.73. The van der Waals surface area contributed by atoms with Crippen LogP contribution in [0, 0.1) is 0 Å². The van der Waals surface area contributed by atoms with Crippen LogP contribution < -0.4 is 0 Å². The Morgan fingerprint density at radius 2 is 1.52 bits per heavy atom. The molecule has 3 aromatic carbocycles. The van der Waals surface area contributed by atoms with E-state index in [9.17, 15) is 0 Å². The number of furan rings is 1. The predicted octanol–water partition coefficient (Wildman–Crippen LogP) is 5.96. The molecule has 0 aliphatic heterocycles. The molecule has 120 valence electrons. The van der Waals surface area contributed by atoms with Crippen LogP contribution in [0.4, 0.5) is 0 Å². The monoisotopic (exact) mass is 346 g/mol. The van der Waals surface area contributed by atoms with E-state index in [1.807, 2.05) is 42.5 Å². The van der Waals surface area contributed by atoms with Crippen molar-refractivity contribution in [2.24, 2.45) is 0 Å². The molecule has 0 spiro atoms. The van der Waals surface area contributed by atoms with E-state index >= 15 is 0 Å². The van der Waals surface area contributed by atoms with Crippen LogP contribution in [0.5, 0.6) is 0 Å². The third-order valence-corrected chi connectivity index (χ3v) is 4.40. The van der Waals surface area contributed by atoms with Gasteiger partial charge in [0.25, 0.3) is 5.89 Å². The number of fused-ring (bicyclic) bond motifs is 3. The quantitative estimate of drug-likeness (QED) is 0.396. The minimum Gasteiger partial charge on any atom is -0.451 e. The molecule has 0 saturated heterocycles. The Kier molecular flexibility index (Phi) is 3.11. The molecule has 0 aliphatic carbocycles. The zero-order valence-corrected chi connectivity index (χ0v) is 13.7. The Morgan fingerprint density at radius 3 is 2.40 bits per heavy atom. The second-order valence-corrected chi connectivity index (χ2v) is 6.16. The van der Waals surface area contributed by atoms with E-state index in [0.29, 0.717) is 22.6 Å². The number of aromatic nitrogens is 2. The van der Waals surface area contributed by atoms with E-state index in [1.54, 1.807) is 12.1 Å². The summed E-state index contributed by atoms with van der Waals surface area (Å²) in [6.07, 6.45) is 0. The van der Waals surface area contributed by atoms with Gasteiger partial charge in [0.15, 0.2) is 5.76 Å². The lowest BCUT2D eigenvalue weighted by molar-refractivity contribution is 0.542. The zero-order valence-electron chi connectivity index (χ0n) is 12.9. The molecule has 0 aliphatic rings. The van der Waals surface area contributed by atoms with E-state index in [4.69, 9.17) is 20.4 Å². The Balaban J connectivity index is 1.61. The topological polar surface area (TPSA) is 52.1 Å². The van der Waals surface area contributed by atoms with Crippen LogP contribution in [0.15, 0.2) is 75.6 Å². The minimum absolute atomic E-state index is 0.352. The number of rotatable bonds is 2. The van der Waals surface area contributed by atoms with Gasteiger partial charge < -0.3 is 8.83 Å². The molecule has 25 heavy (non-hydrogen) atoms. The summed E-state index contributed by atoms with van der Waals surface area (Å²) in [7, 11) is 0. The van der Waals surface area contributed by atoms with Gasteiger partial charge in [0.1, 0.15) is 5.58 Å². The smallest absolute Gasteiger partial charge is 0.283 e. The van der Waals surface area contributed by atoms with Gasteiger partial charge in [0.05, 0.1) is 0 Å². The average molecular weight is 347 g/mol. The molecule has 0 N–H and O–H groups in total. The zero-order chi connectivity index (χ0) is 16.8. The highest BCUT2D eigenvalue weighted by Gasteiger charge is 2.15. The lowest BCUT2D eigenvalue weighted by Crippen LogP contribution is -1.76. The van der Waals surface area contributed by atoms with Gasteiger partial charge in [-0.3, -0.25) is 0 Å². The highest BCUT2D eigenvalue weighted by Crippen LogP contribution is 2.33. The standard InChI is InChI=1S/C20H11ClN2O2/c21-14-8-5-13(6-9-14)19-22-23-20(25-19)18-11-16-15-4-2-1-3-12(15)7-10-17(16)24-18/h1-11H. The molecule has 0 unspecified atom stereocenters. The number of benzene rings is 3. The molecular weight excluding hydrogens is 336 g/mol. The van der Waals surface area contributed by atoms with Gasteiger partial charge in [0, 0.05) is 16.0 Å². The van der Waals surface area contributed by atoms with Gasteiger partial charge >= 0.3 is 0 Å². The van der Waals surface area contributed by atoms with Crippen molar-refractivity contribution in [1.82, 2.24) is 10.2 Å². The lowest BCUT2D eigenvalue weighted by Gasteiger charge is -1.96.